The molecule has 1 amide bonds. The Kier molecular flexibility index (Phi) is 6.21. The van der Waals surface area contributed by atoms with E-state index in [0.717, 1.165) is 11.0 Å². The maximum atomic E-state index is 15.6. The van der Waals surface area contributed by atoms with E-state index in [-0.39, 0.29) is 51.7 Å². The Hall–Kier alpha value is -3.93. The average molecular weight is 562 g/mol. The van der Waals surface area contributed by atoms with Gasteiger partial charge in [0.1, 0.15) is 29.0 Å². The number of nitrogens with zero attached hydrogens (tertiary/aromatic N) is 2. The van der Waals surface area contributed by atoms with Crippen molar-refractivity contribution in [2.24, 2.45) is 5.41 Å². The number of aromatic hydroxyl groups is 1. The Balaban J connectivity index is 1.87. The molecule has 3 heterocycles. The number of pyridine rings is 1. The Morgan fingerprint density at radius 2 is 1.87 bits per heavy atom. The van der Waals surface area contributed by atoms with E-state index in [1.807, 2.05) is 0 Å². The number of halogens is 4. The number of phenolic OH excluding ortho intramolecular Hbond substituents is 1. The number of hydrogen-bond acceptors (Lipinski definition) is 6. The second kappa shape index (κ2) is 9.08. The zero-order valence-corrected chi connectivity index (χ0v) is 21.6. The molecule has 12 heteroatoms. The van der Waals surface area contributed by atoms with Crippen molar-refractivity contribution in [1.82, 2.24) is 4.98 Å². The van der Waals surface area contributed by atoms with E-state index in [2.05, 4.69) is 10.3 Å². The van der Waals surface area contributed by atoms with E-state index in [0.29, 0.717) is 6.07 Å². The van der Waals surface area contributed by atoms with Crippen LogP contribution in [0, 0.1) is 11.2 Å². The van der Waals surface area contributed by atoms with Crippen molar-refractivity contribution < 1.29 is 35.9 Å². The van der Waals surface area contributed by atoms with Gasteiger partial charge in [-0.25, -0.2) is 12.8 Å². The number of para-hydroxylation sites is 1. The first-order valence-corrected chi connectivity index (χ1v) is 13.5. The van der Waals surface area contributed by atoms with Gasteiger partial charge in [0.15, 0.2) is 9.84 Å². The number of hydrogen-bond donors (Lipinski definition) is 2. The van der Waals surface area contributed by atoms with Gasteiger partial charge in [0, 0.05) is 17.5 Å². The van der Waals surface area contributed by atoms with E-state index in [1.165, 1.54) is 36.5 Å². The molecule has 1 atom stereocenters. The fourth-order valence-corrected chi connectivity index (χ4v) is 7.50. The summed E-state index contributed by atoms with van der Waals surface area (Å²) >= 11 is 0. The lowest BCUT2D eigenvalue weighted by Gasteiger charge is -2.37. The molecule has 1 aromatic heterocycles. The van der Waals surface area contributed by atoms with Gasteiger partial charge >= 0.3 is 6.18 Å². The van der Waals surface area contributed by atoms with Crippen molar-refractivity contribution in [3.8, 4) is 5.75 Å². The molecule has 0 saturated heterocycles. The number of amides is 1. The molecule has 7 nitrogen and oxygen atoms in total. The molecule has 5 rings (SSSR count). The monoisotopic (exact) mass is 561 g/mol. The van der Waals surface area contributed by atoms with Crippen molar-refractivity contribution in [3.63, 3.8) is 0 Å². The van der Waals surface area contributed by atoms with Crippen LogP contribution in [0.3, 0.4) is 0 Å². The van der Waals surface area contributed by atoms with E-state index in [9.17, 15) is 31.5 Å². The lowest BCUT2D eigenvalue weighted by atomic mass is 9.88. The summed E-state index contributed by atoms with van der Waals surface area (Å²) in [6.07, 6.45) is -3.37. The standard InChI is InChI=1S/C27H23F4N3O4S/c1-26(2)13-19-24(39(37,38)14-26)23(16-10-9-15(12-17(16)28)27(29,30)31)34(25(36)18-6-3-4-11-32-18)20-7-5-8-21(35)22(20)33-19/h3-12,23,33,35H,13-14H2,1-2H3. The summed E-state index contributed by atoms with van der Waals surface area (Å²) in [6.45, 7) is 3.44. The Morgan fingerprint density at radius 1 is 1.13 bits per heavy atom. The van der Waals surface area contributed by atoms with Crippen LogP contribution >= 0.6 is 0 Å². The molecule has 2 aromatic carbocycles. The van der Waals surface area contributed by atoms with Crippen LogP contribution in [0.1, 0.15) is 47.9 Å². The lowest BCUT2D eigenvalue weighted by molar-refractivity contribution is -0.137. The average Bonchev–Trinajstić information content (AvgIpc) is 2.98. The summed E-state index contributed by atoms with van der Waals surface area (Å²) in [5, 5.41) is 13.7. The Bertz CT molecular complexity index is 1620. The maximum absolute atomic E-state index is 15.6. The maximum Gasteiger partial charge on any atom is 0.416 e. The number of aromatic nitrogens is 1. The van der Waals surface area contributed by atoms with Gasteiger partial charge < -0.3 is 10.4 Å². The molecular formula is C27H23F4N3O4S. The fourth-order valence-electron chi connectivity index (χ4n) is 5.15. The number of alkyl halides is 3. The minimum atomic E-state index is -4.85. The molecule has 3 aromatic rings. The number of benzene rings is 2. The molecule has 2 aliphatic rings. The van der Waals surface area contributed by atoms with Gasteiger partial charge in [-0.3, -0.25) is 14.7 Å². The number of fused-ring (bicyclic) bond motifs is 1. The smallest absolute Gasteiger partial charge is 0.416 e. The SMILES string of the molecule is CC1(C)CC2=C(C(c3ccc(C(F)(F)F)cc3F)N(C(=O)c3ccccn3)c3cccc(O)c3N2)S(=O)(=O)C1. The molecule has 0 radical (unpaired) electrons. The minimum absolute atomic E-state index is 0.00245. The summed E-state index contributed by atoms with van der Waals surface area (Å²) in [5.41, 5.74) is -2.52. The third kappa shape index (κ3) is 4.73. The number of anilines is 2. The fraction of sp³-hybridized carbons (Fsp3) is 0.259. The highest BCUT2D eigenvalue weighted by molar-refractivity contribution is 7.95. The van der Waals surface area contributed by atoms with Gasteiger partial charge in [0.05, 0.1) is 21.9 Å². The van der Waals surface area contributed by atoms with Gasteiger partial charge in [-0.2, -0.15) is 13.2 Å². The van der Waals surface area contributed by atoms with Gasteiger partial charge in [-0.15, -0.1) is 0 Å². The van der Waals surface area contributed by atoms with Crippen LogP contribution in [0.2, 0.25) is 0 Å². The first-order valence-electron chi connectivity index (χ1n) is 11.9. The lowest BCUT2D eigenvalue weighted by Crippen LogP contribution is -2.41. The molecular weight excluding hydrogens is 538 g/mol. The second-order valence-corrected chi connectivity index (χ2v) is 12.2. The normalized spacial score (nSPS) is 19.9. The van der Waals surface area contributed by atoms with Gasteiger partial charge in [-0.1, -0.05) is 32.0 Å². The van der Waals surface area contributed by atoms with E-state index < -0.39 is 50.3 Å². The van der Waals surface area contributed by atoms with E-state index >= 15 is 4.39 Å². The zero-order valence-electron chi connectivity index (χ0n) is 20.8. The van der Waals surface area contributed by atoms with Crippen molar-refractivity contribution in [3.05, 3.63) is 94.0 Å². The van der Waals surface area contributed by atoms with Crippen LogP contribution in [-0.2, 0) is 16.0 Å². The number of carbonyl (C=O) groups is 1. The quantitative estimate of drug-likeness (QED) is 0.303. The molecule has 1 unspecified atom stereocenters. The van der Waals surface area contributed by atoms with Gasteiger partial charge in [0.25, 0.3) is 5.91 Å². The van der Waals surface area contributed by atoms with Crippen LogP contribution in [0.5, 0.6) is 5.75 Å². The van der Waals surface area contributed by atoms with Crippen molar-refractivity contribution in [2.75, 3.05) is 16.0 Å². The van der Waals surface area contributed by atoms with Gasteiger partial charge in [-0.05, 0) is 48.2 Å². The largest absolute Gasteiger partial charge is 0.506 e. The van der Waals surface area contributed by atoms with Crippen LogP contribution in [0.4, 0.5) is 28.9 Å². The van der Waals surface area contributed by atoms with Crippen molar-refractivity contribution in [1.29, 1.82) is 0 Å². The molecule has 2 N–H and O–H groups in total. The molecule has 0 aliphatic carbocycles. The minimum Gasteiger partial charge on any atom is -0.506 e. The van der Waals surface area contributed by atoms with Crippen LogP contribution in [0.25, 0.3) is 0 Å². The highest BCUT2D eigenvalue weighted by Gasteiger charge is 2.48. The van der Waals surface area contributed by atoms with Gasteiger partial charge in [0.2, 0.25) is 0 Å². The Morgan fingerprint density at radius 3 is 2.51 bits per heavy atom. The molecule has 2 aliphatic heterocycles. The summed E-state index contributed by atoms with van der Waals surface area (Å²) < 4.78 is 83.4. The summed E-state index contributed by atoms with van der Waals surface area (Å²) in [4.78, 5) is 18.7. The first kappa shape index (κ1) is 26.7. The van der Waals surface area contributed by atoms with Crippen LogP contribution in [0.15, 0.2) is 71.4 Å². The number of allylic oxidation sites excluding steroid dienone is 1. The highest BCUT2D eigenvalue weighted by atomic mass is 32.2. The predicted molar refractivity (Wildman–Crippen MR) is 136 cm³/mol. The highest BCUT2D eigenvalue weighted by Crippen LogP contribution is 2.52. The zero-order chi connectivity index (χ0) is 28.3. The third-order valence-corrected chi connectivity index (χ3v) is 8.96. The summed E-state index contributed by atoms with van der Waals surface area (Å²) in [7, 11) is -4.21. The number of nitrogens with one attached hydrogen (secondary N) is 1. The number of sulfone groups is 1. The molecule has 0 fully saturated rings. The van der Waals surface area contributed by atoms with E-state index in [1.54, 1.807) is 19.9 Å². The van der Waals surface area contributed by atoms with Crippen molar-refractivity contribution >= 4 is 27.1 Å². The third-order valence-electron chi connectivity index (χ3n) is 6.66. The van der Waals surface area contributed by atoms with Crippen molar-refractivity contribution in [2.45, 2.75) is 32.5 Å². The first-order chi connectivity index (χ1) is 18.2. The van der Waals surface area contributed by atoms with Crippen LogP contribution in [-0.4, -0.2) is 30.2 Å². The molecule has 0 spiro atoms. The molecule has 39 heavy (non-hydrogen) atoms. The molecule has 0 bridgehead atoms. The number of carbonyl (C=O) groups excluding carboxylic acids is 1. The summed E-state index contributed by atoms with van der Waals surface area (Å²) in [5.74, 6) is -2.85. The van der Waals surface area contributed by atoms with E-state index in [4.69, 9.17) is 0 Å². The second-order valence-electron chi connectivity index (χ2n) is 10.3. The Labute approximate surface area is 221 Å². The molecule has 0 saturated carbocycles. The number of phenols is 1. The topological polar surface area (TPSA) is 99.6 Å². The van der Waals surface area contributed by atoms with Crippen LogP contribution < -0.4 is 10.2 Å². The predicted octanol–water partition coefficient (Wildman–Crippen LogP) is 5.82. The molecule has 204 valence electrons. The number of rotatable bonds is 2. The summed E-state index contributed by atoms with van der Waals surface area (Å²) in [6, 6.07) is 8.69.